The largest absolute Gasteiger partial charge is 0.465 e. The number of nitrogens with zero attached hydrogens (tertiary/aromatic N) is 1. The Hall–Kier alpha value is -2.17. The van der Waals surface area contributed by atoms with Gasteiger partial charge >= 0.3 is 5.97 Å². The molecule has 0 aromatic carbocycles. The van der Waals surface area contributed by atoms with E-state index in [-0.39, 0.29) is 0 Å². The predicted octanol–water partition coefficient (Wildman–Crippen LogP) is 0.367. The Morgan fingerprint density at radius 2 is 2.27 bits per heavy atom. The summed E-state index contributed by atoms with van der Waals surface area (Å²) in [5, 5.41) is 0. The van der Waals surface area contributed by atoms with Gasteiger partial charge in [0.15, 0.2) is 0 Å². The lowest BCUT2D eigenvalue weighted by atomic mass is 10.1. The molecule has 1 aromatic heterocycles. The molecule has 5 nitrogen and oxygen atoms in total. The minimum Gasteiger partial charge on any atom is -0.465 e. The summed E-state index contributed by atoms with van der Waals surface area (Å²) >= 11 is 0. The van der Waals surface area contributed by atoms with Crippen LogP contribution in [-0.2, 0) is 9.53 Å². The molecule has 1 amide bonds. The van der Waals surface area contributed by atoms with Gasteiger partial charge in [0.1, 0.15) is 0 Å². The molecule has 1 rings (SSSR count). The van der Waals surface area contributed by atoms with Gasteiger partial charge in [-0.2, -0.15) is 0 Å². The normalized spacial score (nSPS) is 10.2. The molecule has 0 spiro atoms. The van der Waals surface area contributed by atoms with Gasteiger partial charge in [-0.1, -0.05) is 0 Å². The number of pyridine rings is 1. The summed E-state index contributed by atoms with van der Waals surface area (Å²) in [4.78, 5) is 25.6. The molecular weight excluding hydrogens is 196 g/mol. The molecule has 5 heteroatoms. The van der Waals surface area contributed by atoms with E-state index in [1.807, 2.05) is 0 Å². The molecule has 0 aliphatic rings. The van der Waals surface area contributed by atoms with E-state index >= 15 is 0 Å². The van der Waals surface area contributed by atoms with E-state index in [1.165, 1.54) is 31.6 Å². The zero-order chi connectivity index (χ0) is 11.3. The van der Waals surface area contributed by atoms with Gasteiger partial charge in [-0.05, 0) is 12.1 Å². The number of hydrogen-bond donors (Lipinski definition) is 1. The lowest BCUT2D eigenvalue weighted by Crippen LogP contribution is -2.07. The molecule has 0 saturated carbocycles. The van der Waals surface area contributed by atoms with Crippen molar-refractivity contribution in [2.24, 2.45) is 5.73 Å². The van der Waals surface area contributed by atoms with Gasteiger partial charge in [0.25, 0.3) is 0 Å². The minimum absolute atomic E-state index is 0.338. The van der Waals surface area contributed by atoms with Crippen LogP contribution >= 0.6 is 0 Å². The Bertz CT molecular complexity index is 413. The summed E-state index contributed by atoms with van der Waals surface area (Å²) < 4.78 is 4.57. The standard InChI is InChI=1S/C10H10N2O3/c1-15-10(14)8-4-5-12-6-7(8)2-3-9(11)13/h2-6H,1H3,(H2,11,13). The van der Waals surface area contributed by atoms with Crippen LogP contribution in [0.3, 0.4) is 0 Å². The van der Waals surface area contributed by atoms with Crippen molar-refractivity contribution in [2.75, 3.05) is 7.11 Å². The van der Waals surface area contributed by atoms with E-state index in [4.69, 9.17) is 5.73 Å². The Kier molecular flexibility index (Phi) is 3.56. The third-order valence-corrected chi connectivity index (χ3v) is 1.68. The number of aromatic nitrogens is 1. The number of rotatable bonds is 3. The van der Waals surface area contributed by atoms with E-state index in [0.29, 0.717) is 11.1 Å². The molecule has 0 bridgehead atoms. The first-order valence-electron chi connectivity index (χ1n) is 4.15. The average molecular weight is 206 g/mol. The maximum atomic E-state index is 11.3. The van der Waals surface area contributed by atoms with Gasteiger partial charge in [0, 0.05) is 24.0 Å². The quantitative estimate of drug-likeness (QED) is 0.572. The molecule has 0 aliphatic carbocycles. The number of primary amides is 1. The highest BCUT2D eigenvalue weighted by atomic mass is 16.5. The fourth-order valence-corrected chi connectivity index (χ4v) is 1.01. The number of carbonyl (C=O) groups is 2. The molecule has 0 radical (unpaired) electrons. The molecule has 1 heterocycles. The Morgan fingerprint density at radius 1 is 1.53 bits per heavy atom. The summed E-state index contributed by atoms with van der Waals surface area (Å²) in [5.74, 6) is -1.07. The van der Waals surface area contributed by atoms with Crippen LogP contribution in [0.25, 0.3) is 6.08 Å². The lowest BCUT2D eigenvalue weighted by molar-refractivity contribution is -0.113. The first-order valence-corrected chi connectivity index (χ1v) is 4.15. The topological polar surface area (TPSA) is 82.3 Å². The first-order chi connectivity index (χ1) is 7.15. The maximum absolute atomic E-state index is 11.3. The second-order valence-electron chi connectivity index (χ2n) is 2.69. The first kappa shape index (κ1) is 10.9. The molecule has 0 saturated heterocycles. The number of ether oxygens (including phenoxy) is 1. The van der Waals surface area contributed by atoms with E-state index < -0.39 is 11.9 Å². The van der Waals surface area contributed by atoms with E-state index in [9.17, 15) is 9.59 Å². The summed E-state index contributed by atoms with van der Waals surface area (Å²) in [6, 6.07) is 1.51. The van der Waals surface area contributed by atoms with Crippen molar-refractivity contribution in [3.63, 3.8) is 0 Å². The van der Waals surface area contributed by atoms with Gasteiger partial charge in [0.2, 0.25) is 5.91 Å². The monoisotopic (exact) mass is 206 g/mol. The van der Waals surface area contributed by atoms with Gasteiger partial charge in [-0.3, -0.25) is 9.78 Å². The van der Waals surface area contributed by atoms with Gasteiger partial charge < -0.3 is 10.5 Å². The number of hydrogen-bond acceptors (Lipinski definition) is 4. The smallest absolute Gasteiger partial charge is 0.338 e. The minimum atomic E-state index is -0.588. The van der Waals surface area contributed by atoms with Crippen molar-refractivity contribution >= 4 is 18.0 Å². The van der Waals surface area contributed by atoms with Crippen molar-refractivity contribution in [2.45, 2.75) is 0 Å². The van der Waals surface area contributed by atoms with Crippen LogP contribution in [0, 0.1) is 0 Å². The third-order valence-electron chi connectivity index (χ3n) is 1.68. The van der Waals surface area contributed by atoms with Crippen molar-refractivity contribution in [3.05, 3.63) is 35.7 Å². The van der Waals surface area contributed by atoms with E-state index in [0.717, 1.165) is 6.08 Å². The second-order valence-corrected chi connectivity index (χ2v) is 2.69. The predicted molar refractivity (Wildman–Crippen MR) is 53.8 cm³/mol. The van der Waals surface area contributed by atoms with Crippen LogP contribution in [0.4, 0.5) is 0 Å². The van der Waals surface area contributed by atoms with Gasteiger partial charge in [-0.25, -0.2) is 4.79 Å². The molecule has 0 unspecified atom stereocenters. The fraction of sp³-hybridized carbons (Fsp3) is 0.100. The van der Waals surface area contributed by atoms with Gasteiger partial charge in [0.05, 0.1) is 12.7 Å². The van der Waals surface area contributed by atoms with Crippen LogP contribution in [0.2, 0.25) is 0 Å². The van der Waals surface area contributed by atoms with Crippen LogP contribution in [-0.4, -0.2) is 24.0 Å². The molecule has 2 N–H and O–H groups in total. The Labute approximate surface area is 86.6 Å². The summed E-state index contributed by atoms with van der Waals surface area (Å²) in [6.45, 7) is 0. The second kappa shape index (κ2) is 4.90. The molecule has 15 heavy (non-hydrogen) atoms. The Morgan fingerprint density at radius 3 is 2.87 bits per heavy atom. The van der Waals surface area contributed by atoms with Crippen LogP contribution < -0.4 is 5.73 Å². The number of nitrogens with two attached hydrogens (primary N) is 1. The third kappa shape index (κ3) is 2.91. The lowest BCUT2D eigenvalue weighted by Gasteiger charge is -2.01. The van der Waals surface area contributed by atoms with Crippen LogP contribution in [0.1, 0.15) is 15.9 Å². The van der Waals surface area contributed by atoms with E-state index in [1.54, 1.807) is 0 Å². The summed E-state index contributed by atoms with van der Waals surface area (Å²) in [7, 11) is 1.28. The molecular formula is C10H10N2O3. The van der Waals surface area contributed by atoms with Crippen molar-refractivity contribution < 1.29 is 14.3 Å². The molecule has 0 atom stereocenters. The highest BCUT2D eigenvalue weighted by Crippen LogP contribution is 2.09. The van der Waals surface area contributed by atoms with Crippen LogP contribution in [0.15, 0.2) is 24.5 Å². The van der Waals surface area contributed by atoms with Crippen molar-refractivity contribution in [1.82, 2.24) is 4.98 Å². The van der Waals surface area contributed by atoms with E-state index in [2.05, 4.69) is 9.72 Å². The number of amides is 1. The highest BCUT2D eigenvalue weighted by molar-refractivity contribution is 5.96. The van der Waals surface area contributed by atoms with Crippen molar-refractivity contribution in [3.8, 4) is 0 Å². The highest BCUT2D eigenvalue weighted by Gasteiger charge is 2.08. The number of esters is 1. The fourth-order valence-electron chi connectivity index (χ4n) is 1.01. The van der Waals surface area contributed by atoms with Crippen LogP contribution in [0.5, 0.6) is 0 Å². The van der Waals surface area contributed by atoms with Gasteiger partial charge in [-0.15, -0.1) is 0 Å². The van der Waals surface area contributed by atoms with Crippen molar-refractivity contribution in [1.29, 1.82) is 0 Å². The summed E-state index contributed by atoms with van der Waals surface area (Å²) in [6.07, 6.45) is 5.49. The SMILES string of the molecule is COC(=O)c1ccncc1C=CC(N)=O. The average Bonchev–Trinajstić information content (AvgIpc) is 2.25. The maximum Gasteiger partial charge on any atom is 0.338 e. The zero-order valence-corrected chi connectivity index (χ0v) is 8.14. The molecule has 78 valence electrons. The number of methoxy groups -OCH3 is 1. The Balaban J connectivity index is 3.06. The molecule has 0 aliphatic heterocycles. The molecule has 1 aromatic rings. The molecule has 0 fully saturated rings. The zero-order valence-electron chi connectivity index (χ0n) is 8.14. The summed E-state index contributed by atoms with van der Waals surface area (Å²) in [5.41, 5.74) is 5.76. The number of carbonyl (C=O) groups excluding carboxylic acids is 2.